The highest BCUT2D eigenvalue weighted by atomic mass is 16.5. The molecule has 1 aromatic carbocycles. The lowest BCUT2D eigenvalue weighted by molar-refractivity contribution is -0.145. The average molecular weight is 251 g/mol. The standard InChI is InChI=1S/C14H21NO3/c1-3-4-12(15)9-14(16)18-10-11-5-7-13(17-2)8-6-11/h5-8,12H,3-4,9-10,15H2,1-2H3. The molecular formula is C14H21NO3. The first kappa shape index (κ1) is 14.5. The molecule has 0 saturated carbocycles. The molecular weight excluding hydrogens is 230 g/mol. The van der Waals surface area contributed by atoms with Crippen LogP contribution in [0.5, 0.6) is 5.75 Å². The van der Waals surface area contributed by atoms with Crippen LogP contribution in [0, 0.1) is 0 Å². The molecule has 0 bridgehead atoms. The Morgan fingerprint density at radius 3 is 2.56 bits per heavy atom. The summed E-state index contributed by atoms with van der Waals surface area (Å²) in [7, 11) is 1.62. The largest absolute Gasteiger partial charge is 0.497 e. The number of ether oxygens (including phenoxy) is 2. The van der Waals surface area contributed by atoms with Gasteiger partial charge >= 0.3 is 5.97 Å². The molecule has 0 fully saturated rings. The van der Waals surface area contributed by atoms with Crippen molar-refractivity contribution in [1.29, 1.82) is 0 Å². The van der Waals surface area contributed by atoms with Crippen LogP contribution in [-0.4, -0.2) is 19.1 Å². The van der Waals surface area contributed by atoms with E-state index in [0.29, 0.717) is 0 Å². The number of hydrogen-bond donors (Lipinski definition) is 1. The van der Waals surface area contributed by atoms with E-state index in [-0.39, 0.29) is 25.0 Å². The van der Waals surface area contributed by atoms with Crippen LogP contribution in [0.3, 0.4) is 0 Å². The number of carbonyl (C=O) groups is 1. The smallest absolute Gasteiger partial charge is 0.307 e. The molecule has 0 aliphatic rings. The SMILES string of the molecule is CCCC(N)CC(=O)OCc1ccc(OC)cc1. The maximum atomic E-state index is 11.5. The van der Waals surface area contributed by atoms with Crippen molar-refractivity contribution in [3.63, 3.8) is 0 Å². The van der Waals surface area contributed by atoms with Crippen molar-refractivity contribution in [2.24, 2.45) is 5.73 Å². The van der Waals surface area contributed by atoms with Crippen molar-refractivity contribution in [2.75, 3.05) is 7.11 Å². The first-order chi connectivity index (χ1) is 8.65. The molecule has 0 aliphatic carbocycles. The average Bonchev–Trinajstić information content (AvgIpc) is 2.37. The summed E-state index contributed by atoms with van der Waals surface area (Å²) in [6.45, 7) is 2.32. The quantitative estimate of drug-likeness (QED) is 0.755. The summed E-state index contributed by atoms with van der Waals surface area (Å²) in [6.07, 6.45) is 2.11. The number of hydrogen-bond acceptors (Lipinski definition) is 4. The van der Waals surface area contributed by atoms with Crippen LogP contribution < -0.4 is 10.5 Å². The summed E-state index contributed by atoms with van der Waals surface area (Å²) in [5.74, 6) is 0.543. The molecule has 18 heavy (non-hydrogen) atoms. The van der Waals surface area contributed by atoms with Gasteiger partial charge in [0.2, 0.25) is 0 Å². The van der Waals surface area contributed by atoms with Crippen molar-refractivity contribution in [2.45, 2.75) is 38.8 Å². The third kappa shape index (κ3) is 5.19. The van der Waals surface area contributed by atoms with Crippen LogP contribution >= 0.6 is 0 Å². The van der Waals surface area contributed by atoms with Crippen LogP contribution in [-0.2, 0) is 16.1 Å². The molecule has 4 heteroatoms. The van der Waals surface area contributed by atoms with Crippen molar-refractivity contribution >= 4 is 5.97 Å². The molecule has 2 N–H and O–H groups in total. The van der Waals surface area contributed by atoms with Crippen molar-refractivity contribution in [1.82, 2.24) is 0 Å². The third-order valence-corrected chi connectivity index (χ3v) is 2.65. The van der Waals surface area contributed by atoms with Crippen LogP contribution in [0.4, 0.5) is 0 Å². The molecule has 0 aliphatic heterocycles. The Labute approximate surface area is 108 Å². The van der Waals surface area contributed by atoms with Crippen LogP contribution in [0.1, 0.15) is 31.7 Å². The van der Waals surface area contributed by atoms with Gasteiger partial charge in [-0.05, 0) is 24.1 Å². The summed E-state index contributed by atoms with van der Waals surface area (Å²) in [4.78, 5) is 11.5. The Balaban J connectivity index is 2.33. The van der Waals surface area contributed by atoms with Gasteiger partial charge in [-0.3, -0.25) is 4.79 Å². The fraction of sp³-hybridized carbons (Fsp3) is 0.500. The molecule has 1 atom stereocenters. The van der Waals surface area contributed by atoms with E-state index < -0.39 is 0 Å². The Bertz CT molecular complexity index is 362. The predicted molar refractivity (Wildman–Crippen MR) is 70.3 cm³/mol. The number of nitrogens with two attached hydrogens (primary N) is 1. The van der Waals surface area contributed by atoms with E-state index in [1.54, 1.807) is 7.11 Å². The molecule has 0 amide bonds. The number of benzene rings is 1. The van der Waals surface area contributed by atoms with Gasteiger partial charge in [0.25, 0.3) is 0 Å². The lowest BCUT2D eigenvalue weighted by Crippen LogP contribution is -2.24. The first-order valence-electron chi connectivity index (χ1n) is 6.19. The van der Waals surface area contributed by atoms with Crippen LogP contribution in [0.25, 0.3) is 0 Å². The van der Waals surface area contributed by atoms with Crippen molar-refractivity contribution in [3.05, 3.63) is 29.8 Å². The van der Waals surface area contributed by atoms with Crippen LogP contribution in [0.15, 0.2) is 24.3 Å². The zero-order valence-electron chi connectivity index (χ0n) is 11.0. The zero-order chi connectivity index (χ0) is 13.4. The Hall–Kier alpha value is -1.55. The van der Waals surface area contributed by atoms with E-state index in [0.717, 1.165) is 24.2 Å². The zero-order valence-corrected chi connectivity index (χ0v) is 11.0. The van der Waals surface area contributed by atoms with Gasteiger partial charge in [-0.1, -0.05) is 25.5 Å². The number of methoxy groups -OCH3 is 1. The molecule has 100 valence electrons. The monoisotopic (exact) mass is 251 g/mol. The summed E-state index contributed by atoms with van der Waals surface area (Å²) in [5, 5.41) is 0. The Morgan fingerprint density at radius 1 is 1.33 bits per heavy atom. The molecule has 0 aromatic heterocycles. The highest BCUT2D eigenvalue weighted by molar-refractivity contribution is 5.70. The van der Waals surface area contributed by atoms with Gasteiger partial charge in [-0.15, -0.1) is 0 Å². The predicted octanol–water partition coefficient (Wildman–Crippen LogP) is 2.26. The van der Waals surface area contributed by atoms with E-state index in [1.807, 2.05) is 31.2 Å². The molecule has 0 radical (unpaired) electrons. The molecule has 0 heterocycles. The second-order valence-corrected chi connectivity index (χ2v) is 4.26. The molecule has 1 aromatic rings. The highest BCUT2D eigenvalue weighted by Gasteiger charge is 2.09. The van der Waals surface area contributed by atoms with Gasteiger partial charge in [0.05, 0.1) is 13.5 Å². The van der Waals surface area contributed by atoms with Crippen molar-refractivity contribution < 1.29 is 14.3 Å². The highest BCUT2D eigenvalue weighted by Crippen LogP contribution is 2.12. The van der Waals surface area contributed by atoms with Gasteiger partial charge in [0.1, 0.15) is 12.4 Å². The van der Waals surface area contributed by atoms with E-state index >= 15 is 0 Å². The molecule has 0 spiro atoms. The topological polar surface area (TPSA) is 61.6 Å². The van der Waals surface area contributed by atoms with Gasteiger partial charge in [-0.2, -0.15) is 0 Å². The lowest BCUT2D eigenvalue weighted by atomic mass is 10.1. The van der Waals surface area contributed by atoms with Crippen LogP contribution in [0.2, 0.25) is 0 Å². The number of esters is 1. The Kier molecular flexibility index (Phi) is 6.22. The minimum Gasteiger partial charge on any atom is -0.497 e. The second kappa shape index (κ2) is 7.71. The van der Waals surface area contributed by atoms with E-state index in [4.69, 9.17) is 15.2 Å². The normalized spacial score (nSPS) is 11.9. The molecule has 1 unspecified atom stereocenters. The number of carbonyl (C=O) groups excluding carboxylic acids is 1. The van der Waals surface area contributed by atoms with E-state index in [9.17, 15) is 4.79 Å². The summed E-state index contributed by atoms with van der Waals surface area (Å²) in [5.41, 5.74) is 6.71. The van der Waals surface area contributed by atoms with E-state index in [1.165, 1.54) is 0 Å². The maximum Gasteiger partial charge on any atom is 0.307 e. The maximum absolute atomic E-state index is 11.5. The third-order valence-electron chi connectivity index (χ3n) is 2.65. The van der Waals surface area contributed by atoms with E-state index in [2.05, 4.69) is 0 Å². The van der Waals surface area contributed by atoms with Gasteiger partial charge in [-0.25, -0.2) is 0 Å². The first-order valence-corrected chi connectivity index (χ1v) is 6.19. The van der Waals surface area contributed by atoms with Gasteiger partial charge in [0.15, 0.2) is 0 Å². The summed E-state index contributed by atoms with van der Waals surface area (Å²) >= 11 is 0. The molecule has 1 rings (SSSR count). The van der Waals surface area contributed by atoms with Crippen molar-refractivity contribution in [3.8, 4) is 5.75 Å². The fourth-order valence-corrected chi connectivity index (χ4v) is 1.63. The fourth-order valence-electron chi connectivity index (χ4n) is 1.63. The molecule has 4 nitrogen and oxygen atoms in total. The minimum absolute atomic E-state index is 0.0987. The second-order valence-electron chi connectivity index (χ2n) is 4.26. The molecule has 0 saturated heterocycles. The summed E-state index contributed by atoms with van der Waals surface area (Å²) in [6, 6.07) is 7.33. The minimum atomic E-state index is -0.244. The Morgan fingerprint density at radius 2 is 2.00 bits per heavy atom. The van der Waals surface area contributed by atoms with Gasteiger partial charge in [0, 0.05) is 6.04 Å². The summed E-state index contributed by atoms with van der Waals surface area (Å²) < 4.78 is 10.2. The van der Waals surface area contributed by atoms with Gasteiger partial charge < -0.3 is 15.2 Å². The number of rotatable bonds is 7. The lowest BCUT2D eigenvalue weighted by Gasteiger charge is -2.10.